The van der Waals surface area contributed by atoms with Gasteiger partial charge in [-0.1, -0.05) is 0 Å². The molecule has 0 aliphatic carbocycles. The molecule has 10 nitrogen and oxygen atoms in total. The summed E-state index contributed by atoms with van der Waals surface area (Å²) in [5.74, 6) is 1.02. The van der Waals surface area contributed by atoms with E-state index >= 15 is 0 Å². The van der Waals surface area contributed by atoms with E-state index in [-0.39, 0.29) is 25.2 Å². The zero-order valence-electron chi connectivity index (χ0n) is 19.9. The summed E-state index contributed by atoms with van der Waals surface area (Å²) in [6, 6.07) is 20.6. The second-order valence-corrected chi connectivity index (χ2v) is 7.80. The third kappa shape index (κ3) is 5.84. The first-order valence-electron chi connectivity index (χ1n) is 11.2. The molecule has 2 heterocycles. The molecular formula is C26H25N5O5. The lowest BCUT2D eigenvalue weighted by molar-refractivity contribution is -0.121. The van der Waals surface area contributed by atoms with E-state index in [2.05, 4.69) is 15.5 Å². The summed E-state index contributed by atoms with van der Waals surface area (Å²) in [5, 5.41) is 11.4. The van der Waals surface area contributed by atoms with E-state index in [0.29, 0.717) is 17.1 Å². The molecule has 0 bridgehead atoms. The van der Waals surface area contributed by atoms with Gasteiger partial charge >= 0.3 is 0 Å². The van der Waals surface area contributed by atoms with Gasteiger partial charge in [0, 0.05) is 29.8 Å². The summed E-state index contributed by atoms with van der Waals surface area (Å²) >= 11 is 0. The zero-order chi connectivity index (χ0) is 25.5. The summed E-state index contributed by atoms with van der Waals surface area (Å²) in [7, 11) is 3.17. The standard InChI is InChI=1S/C26H25N5O5/c1-35-20-7-3-18(4-8-20)22-11-13-25(33)30(28-22)16-15-27-24(32)17-31-26(34)14-12-23(29-31)19-5-9-21(36-2)10-6-19/h3-14H,15-17H2,1-2H3,(H,27,32). The van der Waals surface area contributed by atoms with Crippen molar-refractivity contribution >= 4 is 5.91 Å². The molecule has 0 radical (unpaired) electrons. The maximum absolute atomic E-state index is 12.5. The van der Waals surface area contributed by atoms with E-state index in [1.165, 1.54) is 16.8 Å². The van der Waals surface area contributed by atoms with Crippen LogP contribution in [0.2, 0.25) is 0 Å². The maximum atomic E-state index is 12.5. The molecule has 0 saturated heterocycles. The van der Waals surface area contributed by atoms with Gasteiger partial charge in [-0.15, -0.1) is 0 Å². The minimum atomic E-state index is -0.407. The van der Waals surface area contributed by atoms with Crippen molar-refractivity contribution in [1.29, 1.82) is 0 Å². The number of hydrogen-bond donors (Lipinski definition) is 1. The van der Waals surface area contributed by atoms with Gasteiger partial charge < -0.3 is 14.8 Å². The number of rotatable bonds is 9. The first-order chi connectivity index (χ1) is 17.5. The van der Waals surface area contributed by atoms with Crippen molar-refractivity contribution in [2.24, 2.45) is 0 Å². The molecule has 0 saturated carbocycles. The molecule has 0 aliphatic rings. The Morgan fingerprint density at radius 1 is 0.722 bits per heavy atom. The van der Waals surface area contributed by atoms with E-state index in [1.807, 2.05) is 36.4 Å². The van der Waals surface area contributed by atoms with Crippen molar-refractivity contribution in [3.8, 4) is 34.0 Å². The highest BCUT2D eigenvalue weighted by atomic mass is 16.5. The highest BCUT2D eigenvalue weighted by Gasteiger charge is 2.09. The molecule has 1 N–H and O–H groups in total. The topological polar surface area (TPSA) is 117 Å². The van der Waals surface area contributed by atoms with Gasteiger partial charge in [-0.3, -0.25) is 14.4 Å². The van der Waals surface area contributed by atoms with Crippen LogP contribution in [0.4, 0.5) is 0 Å². The molecule has 0 fully saturated rings. The summed E-state index contributed by atoms with van der Waals surface area (Å²) < 4.78 is 12.7. The number of carbonyl (C=O) groups excluding carboxylic acids is 1. The van der Waals surface area contributed by atoms with Gasteiger partial charge in [-0.2, -0.15) is 10.2 Å². The van der Waals surface area contributed by atoms with E-state index < -0.39 is 11.5 Å². The lowest BCUT2D eigenvalue weighted by Crippen LogP contribution is -2.36. The van der Waals surface area contributed by atoms with Crippen molar-refractivity contribution in [3.63, 3.8) is 0 Å². The average molecular weight is 488 g/mol. The second kappa shape index (κ2) is 11.1. The lowest BCUT2D eigenvalue weighted by atomic mass is 10.1. The van der Waals surface area contributed by atoms with Gasteiger partial charge in [0.15, 0.2) is 0 Å². The SMILES string of the molecule is COc1ccc(-c2ccc(=O)n(CCNC(=O)Cn3nc(-c4ccc(OC)cc4)ccc3=O)n2)cc1. The van der Waals surface area contributed by atoms with E-state index in [9.17, 15) is 14.4 Å². The third-order valence-electron chi connectivity index (χ3n) is 5.44. The molecule has 0 unspecified atom stereocenters. The number of ether oxygens (including phenoxy) is 2. The zero-order valence-corrected chi connectivity index (χ0v) is 19.9. The second-order valence-electron chi connectivity index (χ2n) is 7.80. The van der Waals surface area contributed by atoms with Gasteiger partial charge in [0.25, 0.3) is 11.1 Å². The molecule has 184 valence electrons. The van der Waals surface area contributed by atoms with Gasteiger partial charge in [-0.25, -0.2) is 9.36 Å². The normalized spacial score (nSPS) is 10.6. The largest absolute Gasteiger partial charge is 0.497 e. The van der Waals surface area contributed by atoms with Crippen LogP contribution in [-0.2, 0) is 17.9 Å². The number of nitrogens with one attached hydrogen (secondary N) is 1. The molecule has 4 aromatic rings. The van der Waals surface area contributed by atoms with Crippen LogP contribution in [0.5, 0.6) is 11.5 Å². The van der Waals surface area contributed by atoms with Crippen molar-refractivity contribution < 1.29 is 14.3 Å². The molecule has 36 heavy (non-hydrogen) atoms. The van der Waals surface area contributed by atoms with Crippen molar-refractivity contribution in [1.82, 2.24) is 24.9 Å². The van der Waals surface area contributed by atoms with Crippen molar-refractivity contribution in [2.75, 3.05) is 20.8 Å². The predicted molar refractivity (Wildman–Crippen MR) is 134 cm³/mol. The summed E-state index contributed by atoms with van der Waals surface area (Å²) in [6.45, 7) is 0.0740. The number of amides is 1. The smallest absolute Gasteiger partial charge is 0.267 e. The van der Waals surface area contributed by atoms with Crippen molar-refractivity contribution in [3.05, 3.63) is 93.5 Å². The number of hydrogen-bond acceptors (Lipinski definition) is 7. The Bertz CT molecular complexity index is 1460. The van der Waals surface area contributed by atoms with E-state index in [4.69, 9.17) is 9.47 Å². The van der Waals surface area contributed by atoms with Crippen LogP contribution < -0.4 is 25.9 Å². The number of aromatic nitrogens is 4. The molecule has 4 rings (SSSR count). The maximum Gasteiger partial charge on any atom is 0.267 e. The van der Waals surface area contributed by atoms with Gasteiger partial charge in [0.2, 0.25) is 5.91 Å². The average Bonchev–Trinajstić information content (AvgIpc) is 2.91. The fraction of sp³-hybridized carbons (Fsp3) is 0.192. The fourth-order valence-corrected chi connectivity index (χ4v) is 3.50. The number of methoxy groups -OCH3 is 2. The van der Waals surface area contributed by atoms with E-state index in [1.54, 1.807) is 38.5 Å². The summed E-state index contributed by atoms with van der Waals surface area (Å²) in [5.41, 5.74) is 2.10. The minimum Gasteiger partial charge on any atom is -0.497 e. The Morgan fingerprint density at radius 2 is 1.19 bits per heavy atom. The molecule has 0 spiro atoms. The first kappa shape index (κ1) is 24.4. The third-order valence-corrected chi connectivity index (χ3v) is 5.44. The highest BCUT2D eigenvalue weighted by Crippen LogP contribution is 2.20. The quantitative estimate of drug-likeness (QED) is 0.384. The minimum absolute atomic E-state index is 0.157. The Hall–Kier alpha value is -4.73. The molecular weight excluding hydrogens is 462 g/mol. The molecule has 0 atom stereocenters. The highest BCUT2D eigenvalue weighted by molar-refractivity contribution is 5.75. The number of carbonyl (C=O) groups is 1. The van der Waals surface area contributed by atoms with Crippen LogP contribution in [0.15, 0.2) is 82.4 Å². The molecule has 2 aromatic carbocycles. The van der Waals surface area contributed by atoms with Crippen molar-refractivity contribution in [2.45, 2.75) is 13.1 Å². The van der Waals surface area contributed by atoms with Crippen LogP contribution in [0.25, 0.3) is 22.5 Å². The number of benzene rings is 2. The molecule has 1 amide bonds. The summed E-state index contributed by atoms with van der Waals surface area (Å²) in [4.78, 5) is 36.9. The summed E-state index contributed by atoms with van der Waals surface area (Å²) in [6.07, 6.45) is 0. The Kier molecular flexibility index (Phi) is 7.54. The lowest BCUT2D eigenvalue weighted by Gasteiger charge is -2.10. The van der Waals surface area contributed by atoms with Crippen LogP contribution in [0.1, 0.15) is 0 Å². The van der Waals surface area contributed by atoms with Gasteiger partial charge in [0.1, 0.15) is 18.0 Å². The van der Waals surface area contributed by atoms with Crippen LogP contribution in [0, 0.1) is 0 Å². The Balaban J connectivity index is 1.38. The molecule has 2 aromatic heterocycles. The predicted octanol–water partition coefficient (Wildman–Crippen LogP) is 1.97. The molecule has 0 aliphatic heterocycles. The Labute approximate surface area is 206 Å². The van der Waals surface area contributed by atoms with Crippen LogP contribution in [0.3, 0.4) is 0 Å². The fourth-order valence-electron chi connectivity index (χ4n) is 3.50. The van der Waals surface area contributed by atoms with Gasteiger partial charge in [0.05, 0.1) is 32.2 Å². The van der Waals surface area contributed by atoms with Crippen LogP contribution in [-0.4, -0.2) is 46.2 Å². The monoisotopic (exact) mass is 487 g/mol. The van der Waals surface area contributed by atoms with E-state index in [0.717, 1.165) is 21.6 Å². The Morgan fingerprint density at radius 3 is 1.69 bits per heavy atom. The number of nitrogens with zero attached hydrogens (tertiary/aromatic N) is 4. The first-order valence-corrected chi connectivity index (χ1v) is 11.2. The molecule has 10 heteroatoms. The van der Waals surface area contributed by atoms with Crippen LogP contribution >= 0.6 is 0 Å². The van der Waals surface area contributed by atoms with Gasteiger partial charge in [-0.05, 0) is 60.7 Å².